The van der Waals surface area contributed by atoms with Gasteiger partial charge >= 0.3 is 0 Å². The van der Waals surface area contributed by atoms with Gasteiger partial charge in [-0.15, -0.1) is 0 Å². The zero-order chi connectivity index (χ0) is 20.3. The quantitative estimate of drug-likeness (QED) is 0.800. The number of aryl methyl sites for hydroxylation is 1. The van der Waals surface area contributed by atoms with Crippen LogP contribution in [-0.4, -0.2) is 48.6 Å². The molecule has 148 valence electrons. The minimum atomic E-state index is -0.971. The van der Waals surface area contributed by atoms with Crippen molar-refractivity contribution in [2.75, 3.05) is 25.1 Å². The predicted molar refractivity (Wildman–Crippen MR) is 110 cm³/mol. The molecular weight excluding hydrogens is 352 g/mol. The summed E-state index contributed by atoms with van der Waals surface area (Å²) >= 11 is 0. The molecule has 0 bridgehead atoms. The van der Waals surface area contributed by atoms with Crippen molar-refractivity contribution < 1.29 is 14.3 Å². The van der Waals surface area contributed by atoms with Gasteiger partial charge in [0.25, 0.3) is 5.91 Å². The summed E-state index contributed by atoms with van der Waals surface area (Å²) < 4.78 is 5.40. The molecule has 0 aliphatic carbocycles. The fourth-order valence-corrected chi connectivity index (χ4v) is 3.48. The third-order valence-corrected chi connectivity index (χ3v) is 5.39. The average Bonchev–Trinajstić information content (AvgIpc) is 2.70. The van der Waals surface area contributed by atoms with Crippen LogP contribution in [0.5, 0.6) is 0 Å². The summed E-state index contributed by atoms with van der Waals surface area (Å²) in [5.41, 5.74) is 2.18. The van der Waals surface area contributed by atoms with Crippen molar-refractivity contribution >= 4 is 17.5 Å². The Bertz CT molecular complexity index is 831. The zero-order valence-electron chi connectivity index (χ0n) is 17.0. The number of carbonyl (C=O) groups excluding carboxylic acids is 2. The van der Waals surface area contributed by atoms with Crippen molar-refractivity contribution in [3.63, 3.8) is 0 Å². The van der Waals surface area contributed by atoms with Crippen molar-refractivity contribution in [3.05, 3.63) is 65.7 Å². The van der Waals surface area contributed by atoms with Gasteiger partial charge in [-0.3, -0.25) is 9.59 Å². The van der Waals surface area contributed by atoms with Gasteiger partial charge in [-0.2, -0.15) is 0 Å². The van der Waals surface area contributed by atoms with E-state index in [1.165, 1.54) is 7.11 Å². The lowest BCUT2D eigenvalue weighted by molar-refractivity contribution is -0.156. The van der Waals surface area contributed by atoms with E-state index in [-0.39, 0.29) is 24.4 Å². The van der Waals surface area contributed by atoms with Crippen LogP contribution in [0.2, 0.25) is 0 Å². The van der Waals surface area contributed by atoms with Crippen LogP contribution in [0.3, 0.4) is 0 Å². The van der Waals surface area contributed by atoms with E-state index in [1.54, 1.807) is 23.6 Å². The lowest BCUT2D eigenvalue weighted by Crippen LogP contribution is -2.62. The second-order valence-electron chi connectivity index (χ2n) is 7.83. The summed E-state index contributed by atoms with van der Waals surface area (Å²) in [6, 6.07) is 17.9. The van der Waals surface area contributed by atoms with Gasteiger partial charge in [-0.1, -0.05) is 48.0 Å². The number of rotatable bonds is 5. The van der Waals surface area contributed by atoms with E-state index in [9.17, 15) is 9.59 Å². The molecule has 3 rings (SSSR count). The molecule has 1 aliphatic rings. The summed E-state index contributed by atoms with van der Waals surface area (Å²) in [6.07, 6.45) is 0.683. The number of nitrogens with zero attached hydrogens (tertiary/aromatic N) is 2. The lowest BCUT2D eigenvalue weighted by Gasteiger charge is -2.43. The summed E-state index contributed by atoms with van der Waals surface area (Å²) in [5.74, 6) is -0.235. The standard InChI is InChI=1S/C23H28N2O3/c1-17-10-12-19(13-11-17)24-15-20(14-18-8-6-5-7-9-18)25(16-21(24)26)22(27)23(2,3)28-4/h5-13,20H,14-16H2,1-4H3/t20-/m0/s1. The minimum absolute atomic E-state index is 0.0526. The van der Waals surface area contributed by atoms with Gasteiger partial charge in [-0.05, 0) is 44.9 Å². The maximum Gasteiger partial charge on any atom is 0.255 e. The van der Waals surface area contributed by atoms with Gasteiger partial charge in [0, 0.05) is 19.3 Å². The number of hydrogen-bond acceptors (Lipinski definition) is 3. The Morgan fingerprint density at radius 2 is 1.75 bits per heavy atom. The van der Waals surface area contributed by atoms with Crippen LogP contribution < -0.4 is 4.90 Å². The minimum Gasteiger partial charge on any atom is -0.369 e. The SMILES string of the molecule is COC(C)(C)C(=O)N1CC(=O)N(c2ccc(C)cc2)C[C@@H]1Cc1ccccc1. The van der Waals surface area contributed by atoms with Crippen LogP contribution in [-0.2, 0) is 20.7 Å². The van der Waals surface area contributed by atoms with E-state index in [0.717, 1.165) is 16.8 Å². The van der Waals surface area contributed by atoms with Crippen molar-refractivity contribution in [1.29, 1.82) is 0 Å². The largest absolute Gasteiger partial charge is 0.369 e. The molecule has 0 radical (unpaired) electrons. The van der Waals surface area contributed by atoms with Gasteiger partial charge in [0.2, 0.25) is 5.91 Å². The average molecular weight is 380 g/mol. The van der Waals surface area contributed by atoms with Gasteiger partial charge in [0.05, 0.1) is 6.04 Å². The molecule has 5 heteroatoms. The molecule has 0 saturated carbocycles. The second kappa shape index (κ2) is 8.15. The number of hydrogen-bond donors (Lipinski definition) is 0. The number of amides is 2. The molecule has 0 N–H and O–H groups in total. The van der Waals surface area contributed by atoms with Crippen LogP contribution in [0.4, 0.5) is 5.69 Å². The predicted octanol–water partition coefficient (Wildman–Crippen LogP) is 3.21. The molecule has 5 nitrogen and oxygen atoms in total. The van der Waals surface area contributed by atoms with E-state index in [4.69, 9.17) is 4.74 Å². The maximum absolute atomic E-state index is 13.1. The highest BCUT2D eigenvalue weighted by Gasteiger charge is 2.41. The van der Waals surface area contributed by atoms with E-state index in [0.29, 0.717) is 13.0 Å². The molecule has 1 aliphatic heterocycles. The molecule has 0 aromatic heterocycles. The van der Waals surface area contributed by atoms with Gasteiger partial charge in [-0.25, -0.2) is 0 Å². The van der Waals surface area contributed by atoms with E-state index >= 15 is 0 Å². The van der Waals surface area contributed by atoms with Gasteiger partial charge in [0.1, 0.15) is 12.1 Å². The highest BCUT2D eigenvalue weighted by Crippen LogP contribution is 2.25. The Labute approximate surface area is 166 Å². The maximum atomic E-state index is 13.1. The molecule has 0 unspecified atom stereocenters. The number of carbonyl (C=O) groups is 2. The highest BCUT2D eigenvalue weighted by atomic mass is 16.5. The molecule has 28 heavy (non-hydrogen) atoms. The molecule has 1 atom stereocenters. The first-order valence-corrected chi connectivity index (χ1v) is 9.59. The van der Waals surface area contributed by atoms with Crippen LogP contribution >= 0.6 is 0 Å². The Balaban J connectivity index is 1.90. The Morgan fingerprint density at radius 3 is 2.36 bits per heavy atom. The second-order valence-corrected chi connectivity index (χ2v) is 7.83. The Morgan fingerprint density at radius 1 is 1.11 bits per heavy atom. The molecule has 1 fully saturated rings. The monoisotopic (exact) mass is 380 g/mol. The molecule has 0 spiro atoms. The summed E-state index contributed by atoms with van der Waals surface area (Å²) in [4.78, 5) is 29.5. The highest BCUT2D eigenvalue weighted by molar-refractivity contribution is 5.99. The smallest absolute Gasteiger partial charge is 0.255 e. The van der Waals surface area contributed by atoms with Crippen molar-refractivity contribution in [2.45, 2.75) is 38.8 Å². The fraction of sp³-hybridized carbons (Fsp3) is 0.391. The molecule has 1 heterocycles. The van der Waals surface area contributed by atoms with Gasteiger partial charge in [0.15, 0.2) is 0 Å². The zero-order valence-corrected chi connectivity index (χ0v) is 17.0. The molecule has 2 amide bonds. The van der Waals surface area contributed by atoms with E-state index < -0.39 is 5.60 Å². The van der Waals surface area contributed by atoms with Crippen LogP contribution in [0.1, 0.15) is 25.0 Å². The first-order valence-electron chi connectivity index (χ1n) is 9.59. The Hall–Kier alpha value is -2.66. The topological polar surface area (TPSA) is 49.9 Å². The summed E-state index contributed by atoms with van der Waals surface area (Å²) in [5, 5.41) is 0. The van der Waals surface area contributed by atoms with Crippen molar-refractivity contribution in [3.8, 4) is 0 Å². The molecule has 1 saturated heterocycles. The van der Waals surface area contributed by atoms with Crippen molar-refractivity contribution in [2.24, 2.45) is 0 Å². The number of piperazine rings is 1. The van der Waals surface area contributed by atoms with Crippen LogP contribution in [0.25, 0.3) is 0 Å². The first kappa shape index (κ1) is 20.1. The lowest BCUT2D eigenvalue weighted by atomic mass is 9.98. The number of ether oxygens (including phenoxy) is 1. The normalized spacial score (nSPS) is 17.7. The van der Waals surface area contributed by atoms with Crippen LogP contribution in [0, 0.1) is 6.92 Å². The van der Waals surface area contributed by atoms with E-state index in [1.807, 2.05) is 49.4 Å². The number of methoxy groups -OCH3 is 1. The first-order chi connectivity index (χ1) is 13.3. The number of benzene rings is 2. The fourth-order valence-electron chi connectivity index (χ4n) is 3.48. The third kappa shape index (κ3) is 4.25. The Kier molecular flexibility index (Phi) is 5.84. The molecule has 2 aromatic rings. The molecular formula is C23H28N2O3. The van der Waals surface area contributed by atoms with Crippen LogP contribution in [0.15, 0.2) is 54.6 Å². The van der Waals surface area contributed by atoms with Gasteiger partial charge < -0.3 is 14.5 Å². The van der Waals surface area contributed by atoms with E-state index in [2.05, 4.69) is 12.1 Å². The summed E-state index contributed by atoms with van der Waals surface area (Å²) in [7, 11) is 1.52. The van der Waals surface area contributed by atoms with Crippen molar-refractivity contribution in [1.82, 2.24) is 4.90 Å². The molecule has 2 aromatic carbocycles. The third-order valence-electron chi connectivity index (χ3n) is 5.39. The number of anilines is 1. The summed E-state index contributed by atoms with van der Waals surface area (Å²) in [6.45, 7) is 6.02.